The highest BCUT2D eigenvalue weighted by atomic mass is 16.5. The second-order valence-corrected chi connectivity index (χ2v) is 7.35. The number of ether oxygens (including phenoxy) is 1. The summed E-state index contributed by atoms with van der Waals surface area (Å²) in [5, 5.41) is 20.6. The Labute approximate surface area is 181 Å². The standard InChI is InChI=1S/C24H23N5O2/c25-16-19-6-2-3-7-22(19)31-17-24(30)26-20-10-8-18(9-11-20)21-12-13-23(28-27-21)29-14-4-1-5-15-29/h2-3,6-13H,1,4-5,14-15,17H2,(H,26,30). The zero-order valence-corrected chi connectivity index (χ0v) is 17.1. The molecule has 3 aromatic rings. The minimum absolute atomic E-state index is 0.177. The lowest BCUT2D eigenvalue weighted by atomic mass is 10.1. The number of nitriles is 1. The van der Waals surface area contributed by atoms with Crippen LogP contribution in [-0.2, 0) is 4.79 Å². The number of hydrogen-bond acceptors (Lipinski definition) is 6. The van der Waals surface area contributed by atoms with Gasteiger partial charge in [-0.1, -0.05) is 24.3 Å². The van der Waals surface area contributed by atoms with Crippen molar-refractivity contribution < 1.29 is 9.53 Å². The van der Waals surface area contributed by atoms with E-state index in [9.17, 15) is 4.79 Å². The van der Waals surface area contributed by atoms with E-state index in [1.165, 1.54) is 19.3 Å². The van der Waals surface area contributed by atoms with Crippen LogP contribution in [0.3, 0.4) is 0 Å². The molecule has 0 bridgehead atoms. The van der Waals surface area contributed by atoms with Gasteiger partial charge in [0.25, 0.3) is 5.91 Å². The number of nitrogens with zero attached hydrogens (tertiary/aromatic N) is 4. The van der Waals surface area contributed by atoms with Gasteiger partial charge in [-0.3, -0.25) is 4.79 Å². The van der Waals surface area contributed by atoms with E-state index in [-0.39, 0.29) is 12.5 Å². The van der Waals surface area contributed by atoms with Crippen molar-refractivity contribution in [3.63, 3.8) is 0 Å². The van der Waals surface area contributed by atoms with Crippen LogP contribution in [0.2, 0.25) is 0 Å². The predicted octanol–water partition coefficient (Wildman–Crippen LogP) is 4.02. The first-order chi connectivity index (χ1) is 15.2. The molecular formula is C24H23N5O2. The molecule has 1 fully saturated rings. The number of carbonyl (C=O) groups excluding carboxylic acids is 1. The number of aromatic nitrogens is 2. The van der Waals surface area contributed by atoms with Gasteiger partial charge in [0, 0.05) is 24.3 Å². The van der Waals surface area contributed by atoms with Gasteiger partial charge >= 0.3 is 0 Å². The molecule has 1 N–H and O–H groups in total. The third-order valence-electron chi connectivity index (χ3n) is 5.16. The van der Waals surface area contributed by atoms with Crippen molar-refractivity contribution in [1.82, 2.24) is 10.2 Å². The van der Waals surface area contributed by atoms with Gasteiger partial charge in [-0.2, -0.15) is 5.26 Å². The molecule has 4 rings (SSSR count). The molecule has 31 heavy (non-hydrogen) atoms. The first-order valence-electron chi connectivity index (χ1n) is 10.3. The molecular weight excluding hydrogens is 390 g/mol. The van der Waals surface area contributed by atoms with Crippen molar-refractivity contribution in [3.8, 4) is 23.1 Å². The van der Waals surface area contributed by atoms with Crippen molar-refractivity contribution in [1.29, 1.82) is 5.26 Å². The van der Waals surface area contributed by atoms with Crippen LogP contribution in [0.4, 0.5) is 11.5 Å². The van der Waals surface area contributed by atoms with E-state index < -0.39 is 0 Å². The van der Waals surface area contributed by atoms with Crippen LogP contribution in [-0.4, -0.2) is 35.8 Å². The molecule has 1 aliphatic rings. The molecule has 1 saturated heterocycles. The minimum Gasteiger partial charge on any atom is -0.482 e. The second kappa shape index (κ2) is 9.72. The highest BCUT2D eigenvalue weighted by Gasteiger charge is 2.13. The van der Waals surface area contributed by atoms with Gasteiger partial charge in [-0.25, -0.2) is 0 Å². The maximum atomic E-state index is 12.2. The average molecular weight is 413 g/mol. The summed E-state index contributed by atoms with van der Waals surface area (Å²) in [4.78, 5) is 14.5. The number of rotatable bonds is 6. The molecule has 0 unspecified atom stereocenters. The van der Waals surface area contributed by atoms with E-state index in [0.717, 1.165) is 30.2 Å². The lowest BCUT2D eigenvalue weighted by Gasteiger charge is -2.27. The van der Waals surface area contributed by atoms with Crippen LogP contribution in [0, 0.1) is 11.3 Å². The molecule has 2 heterocycles. The molecule has 7 heteroatoms. The number of amides is 1. The fourth-order valence-corrected chi connectivity index (χ4v) is 3.52. The second-order valence-electron chi connectivity index (χ2n) is 7.35. The summed E-state index contributed by atoms with van der Waals surface area (Å²) in [7, 11) is 0. The van der Waals surface area contributed by atoms with Crippen molar-refractivity contribution in [3.05, 3.63) is 66.2 Å². The number of para-hydroxylation sites is 1. The van der Waals surface area contributed by atoms with E-state index in [4.69, 9.17) is 10.00 Å². The number of nitrogens with one attached hydrogen (secondary N) is 1. The van der Waals surface area contributed by atoms with Crippen LogP contribution in [0.15, 0.2) is 60.7 Å². The van der Waals surface area contributed by atoms with Crippen molar-refractivity contribution in [2.24, 2.45) is 0 Å². The monoisotopic (exact) mass is 413 g/mol. The van der Waals surface area contributed by atoms with E-state index in [0.29, 0.717) is 17.0 Å². The summed E-state index contributed by atoms with van der Waals surface area (Å²) in [5.74, 6) is 1.01. The topological polar surface area (TPSA) is 91.1 Å². The van der Waals surface area contributed by atoms with Crippen LogP contribution in [0.1, 0.15) is 24.8 Å². The van der Waals surface area contributed by atoms with Crippen molar-refractivity contribution in [2.45, 2.75) is 19.3 Å². The first-order valence-corrected chi connectivity index (χ1v) is 10.3. The summed E-state index contributed by atoms with van der Waals surface area (Å²) in [5.41, 5.74) is 2.76. The van der Waals surface area contributed by atoms with E-state index in [1.54, 1.807) is 24.3 Å². The average Bonchev–Trinajstić information content (AvgIpc) is 2.84. The van der Waals surface area contributed by atoms with E-state index >= 15 is 0 Å². The Bertz CT molecular complexity index is 1070. The molecule has 2 aromatic carbocycles. The number of piperidine rings is 1. The van der Waals surface area contributed by atoms with Crippen LogP contribution < -0.4 is 15.0 Å². The van der Waals surface area contributed by atoms with Crippen LogP contribution >= 0.6 is 0 Å². The maximum Gasteiger partial charge on any atom is 0.262 e. The van der Waals surface area contributed by atoms with Crippen LogP contribution in [0.5, 0.6) is 5.75 Å². The highest BCUT2D eigenvalue weighted by molar-refractivity contribution is 5.92. The fraction of sp³-hybridized carbons (Fsp3) is 0.250. The lowest BCUT2D eigenvalue weighted by Crippen LogP contribution is -2.30. The normalized spacial score (nSPS) is 13.3. The molecule has 0 spiro atoms. The highest BCUT2D eigenvalue weighted by Crippen LogP contribution is 2.22. The van der Waals surface area contributed by atoms with Crippen molar-refractivity contribution in [2.75, 3.05) is 29.9 Å². The van der Waals surface area contributed by atoms with Gasteiger partial charge < -0.3 is 15.0 Å². The van der Waals surface area contributed by atoms with Gasteiger partial charge in [-0.05, 0) is 55.7 Å². The number of carbonyl (C=O) groups is 1. The summed E-state index contributed by atoms with van der Waals surface area (Å²) in [6.45, 7) is 1.90. The Hall–Kier alpha value is -3.92. The Morgan fingerprint density at radius 2 is 1.77 bits per heavy atom. The quantitative estimate of drug-likeness (QED) is 0.656. The predicted molar refractivity (Wildman–Crippen MR) is 119 cm³/mol. The molecule has 7 nitrogen and oxygen atoms in total. The van der Waals surface area contributed by atoms with Gasteiger partial charge in [0.2, 0.25) is 0 Å². The molecule has 1 aliphatic heterocycles. The fourth-order valence-electron chi connectivity index (χ4n) is 3.52. The lowest BCUT2D eigenvalue weighted by molar-refractivity contribution is -0.118. The van der Waals surface area contributed by atoms with Gasteiger partial charge in [0.05, 0.1) is 11.3 Å². The summed E-state index contributed by atoms with van der Waals surface area (Å²) >= 11 is 0. The molecule has 0 radical (unpaired) electrons. The minimum atomic E-state index is -0.300. The Balaban J connectivity index is 1.33. The third-order valence-corrected chi connectivity index (χ3v) is 5.16. The van der Waals surface area contributed by atoms with Gasteiger partial charge in [0.1, 0.15) is 11.8 Å². The summed E-state index contributed by atoms with van der Waals surface area (Å²) in [6.07, 6.45) is 3.68. The molecule has 1 aromatic heterocycles. The van der Waals surface area contributed by atoms with E-state index in [1.807, 2.05) is 42.5 Å². The molecule has 156 valence electrons. The Morgan fingerprint density at radius 3 is 2.48 bits per heavy atom. The summed E-state index contributed by atoms with van der Waals surface area (Å²) in [6, 6.07) is 20.3. The third kappa shape index (κ3) is 5.17. The smallest absolute Gasteiger partial charge is 0.262 e. The summed E-state index contributed by atoms with van der Waals surface area (Å²) < 4.78 is 5.46. The number of hydrogen-bond donors (Lipinski definition) is 1. The number of benzene rings is 2. The largest absolute Gasteiger partial charge is 0.482 e. The van der Waals surface area contributed by atoms with Crippen molar-refractivity contribution >= 4 is 17.4 Å². The number of anilines is 2. The van der Waals surface area contributed by atoms with E-state index in [2.05, 4.69) is 20.4 Å². The Kier molecular flexibility index (Phi) is 6.38. The maximum absolute atomic E-state index is 12.2. The van der Waals surface area contributed by atoms with Gasteiger partial charge in [-0.15, -0.1) is 10.2 Å². The zero-order valence-electron chi connectivity index (χ0n) is 17.1. The zero-order chi connectivity index (χ0) is 21.5. The molecule has 1 amide bonds. The molecule has 0 saturated carbocycles. The molecule has 0 atom stereocenters. The van der Waals surface area contributed by atoms with Crippen LogP contribution in [0.25, 0.3) is 11.3 Å². The first kappa shape index (κ1) is 20.4. The Morgan fingerprint density at radius 1 is 1.00 bits per heavy atom. The molecule has 0 aliphatic carbocycles. The SMILES string of the molecule is N#Cc1ccccc1OCC(=O)Nc1ccc(-c2ccc(N3CCCCC3)nn2)cc1. The van der Waals surface area contributed by atoms with Gasteiger partial charge in [0.15, 0.2) is 12.4 Å².